The quantitative estimate of drug-likeness (QED) is 0.0515. The third-order valence-electron chi connectivity index (χ3n) is 9.90. The fourth-order valence-corrected chi connectivity index (χ4v) is 6.62. The minimum absolute atomic E-state index is 0.0565. The molecule has 0 bridgehead atoms. The van der Waals surface area contributed by atoms with Gasteiger partial charge in [0.1, 0.15) is 6.61 Å². The lowest BCUT2D eigenvalue weighted by Crippen LogP contribution is -2.28. The molecule has 1 N–H and O–H groups in total. The Balaban J connectivity index is 3.46. The summed E-state index contributed by atoms with van der Waals surface area (Å²) >= 11 is 0. The molecule has 0 saturated heterocycles. The molecule has 5 heteroatoms. The van der Waals surface area contributed by atoms with Gasteiger partial charge in [0.15, 0.2) is 6.10 Å². The summed E-state index contributed by atoms with van der Waals surface area (Å²) in [4.78, 5) is 24.3. The Labute approximate surface area is 299 Å². The van der Waals surface area contributed by atoms with Crippen LogP contribution in [0.25, 0.3) is 0 Å². The second-order valence-corrected chi connectivity index (χ2v) is 14.8. The van der Waals surface area contributed by atoms with Crippen molar-refractivity contribution in [2.45, 2.75) is 251 Å². The third kappa shape index (κ3) is 37.7. The van der Waals surface area contributed by atoms with Gasteiger partial charge in [0.05, 0.1) is 6.61 Å². The van der Waals surface area contributed by atoms with Crippen molar-refractivity contribution in [1.82, 2.24) is 0 Å². The molecule has 0 aromatic carbocycles. The van der Waals surface area contributed by atoms with Crippen LogP contribution in [-0.4, -0.2) is 36.4 Å². The van der Waals surface area contributed by atoms with Crippen molar-refractivity contribution in [3.8, 4) is 0 Å². The zero-order valence-electron chi connectivity index (χ0n) is 32.5. The number of hydrogen-bond donors (Lipinski definition) is 1. The Morgan fingerprint density at radius 2 is 0.646 bits per heavy atom. The van der Waals surface area contributed by atoms with Crippen LogP contribution in [-0.2, 0) is 19.1 Å². The van der Waals surface area contributed by atoms with Gasteiger partial charge in [-0.05, 0) is 12.8 Å². The fourth-order valence-electron chi connectivity index (χ4n) is 6.62. The van der Waals surface area contributed by atoms with E-state index in [2.05, 4.69) is 13.8 Å². The lowest BCUT2D eigenvalue weighted by atomic mass is 10.0. The maximum atomic E-state index is 12.2. The van der Waals surface area contributed by atoms with E-state index in [1.807, 2.05) is 0 Å². The summed E-state index contributed by atoms with van der Waals surface area (Å²) in [7, 11) is 0. The number of rotatable bonds is 40. The van der Waals surface area contributed by atoms with Gasteiger partial charge in [0.2, 0.25) is 0 Å². The van der Waals surface area contributed by atoms with Crippen molar-refractivity contribution in [1.29, 1.82) is 0 Å². The van der Waals surface area contributed by atoms with Crippen LogP contribution in [0.3, 0.4) is 0 Å². The summed E-state index contributed by atoms with van der Waals surface area (Å²) in [5.41, 5.74) is 0. The molecule has 0 aliphatic heterocycles. The number of carbonyl (C=O) groups excluding carboxylic acids is 2. The maximum absolute atomic E-state index is 12.2. The molecular weight excluding hydrogens is 596 g/mol. The minimum Gasteiger partial charge on any atom is -0.462 e. The molecule has 0 unspecified atom stereocenters. The van der Waals surface area contributed by atoms with Gasteiger partial charge < -0.3 is 14.6 Å². The first kappa shape index (κ1) is 46.9. The zero-order chi connectivity index (χ0) is 35.0. The number of hydrogen-bond acceptors (Lipinski definition) is 5. The predicted molar refractivity (Wildman–Crippen MR) is 205 cm³/mol. The van der Waals surface area contributed by atoms with E-state index in [9.17, 15) is 14.7 Å². The number of unbranched alkanes of at least 4 members (excludes halogenated alkanes) is 32. The van der Waals surface area contributed by atoms with Crippen LogP contribution in [0.4, 0.5) is 0 Å². The molecule has 0 fully saturated rings. The average Bonchev–Trinajstić information content (AvgIpc) is 3.09. The first-order valence-corrected chi connectivity index (χ1v) is 21.6. The molecule has 0 aromatic heterocycles. The van der Waals surface area contributed by atoms with E-state index in [1.165, 1.54) is 186 Å². The molecule has 0 saturated carbocycles. The summed E-state index contributed by atoms with van der Waals surface area (Å²) in [6.45, 7) is 4.18. The van der Waals surface area contributed by atoms with E-state index in [4.69, 9.17) is 9.47 Å². The number of aliphatic hydroxyl groups excluding tert-OH is 1. The Kier molecular flexibility index (Phi) is 39.4. The van der Waals surface area contributed by atoms with Crippen molar-refractivity contribution in [2.24, 2.45) is 0 Å². The zero-order valence-corrected chi connectivity index (χ0v) is 32.5. The summed E-state index contributed by atoms with van der Waals surface area (Å²) in [5.74, 6) is -0.572. The number of esters is 2. The Morgan fingerprint density at radius 3 is 0.917 bits per heavy atom. The molecule has 286 valence electrons. The SMILES string of the molecule is CCCCCCCCCCCCCCCCCCCCC(=O)O[C@@H](CO)COC(=O)CCCCCCCCCCCCCCCCCC. The van der Waals surface area contributed by atoms with Crippen molar-refractivity contribution in [3.05, 3.63) is 0 Å². The molecule has 0 aliphatic rings. The topological polar surface area (TPSA) is 72.8 Å². The molecule has 1 atom stereocenters. The summed E-state index contributed by atoms with van der Waals surface area (Å²) in [6.07, 6.45) is 44.6. The second-order valence-electron chi connectivity index (χ2n) is 14.8. The highest BCUT2D eigenvalue weighted by atomic mass is 16.6. The monoisotopic (exact) mass is 681 g/mol. The standard InChI is InChI=1S/C43H84O5/c1-3-5-7-9-11-13-15-17-19-21-22-24-26-28-30-32-34-36-38-43(46)48-41(39-44)40-47-42(45)37-35-33-31-29-27-25-23-20-18-16-14-12-10-8-6-4-2/h41,44H,3-40H2,1-2H3/t41-/m0/s1. The third-order valence-corrected chi connectivity index (χ3v) is 9.90. The van der Waals surface area contributed by atoms with Gasteiger partial charge >= 0.3 is 11.9 Å². The van der Waals surface area contributed by atoms with E-state index in [-0.39, 0.29) is 25.2 Å². The summed E-state index contributed by atoms with van der Waals surface area (Å²) in [5, 5.41) is 9.57. The highest BCUT2D eigenvalue weighted by Gasteiger charge is 2.16. The Hall–Kier alpha value is -1.10. The number of aliphatic hydroxyl groups is 1. The Morgan fingerprint density at radius 1 is 0.396 bits per heavy atom. The van der Waals surface area contributed by atoms with E-state index >= 15 is 0 Å². The molecule has 0 rings (SSSR count). The van der Waals surface area contributed by atoms with Crippen LogP contribution in [0, 0.1) is 0 Å². The molecule has 0 heterocycles. The maximum Gasteiger partial charge on any atom is 0.306 e. The highest BCUT2D eigenvalue weighted by molar-refractivity contribution is 5.70. The van der Waals surface area contributed by atoms with Crippen LogP contribution in [0.2, 0.25) is 0 Å². The number of ether oxygens (including phenoxy) is 2. The first-order chi connectivity index (χ1) is 23.6. The van der Waals surface area contributed by atoms with Gasteiger partial charge in [-0.1, -0.05) is 219 Å². The van der Waals surface area contributed by atoms with E-state index < -0.39 is 6.10 Å². The van der Waals surface area contributed by atoms with E-state index in [1.54, 1.807) is 0 Å². The molecule has 48 heavy (non-hydrogen) atoms. The van der Waals surface area contributed by atoms with Crippen molar-refractivity contribution >= 4 is 11.9 Å². The van der Waals surface area contributed by atoms with Gasteiger partial charge in [-0.15, -0.1) is 0 Å². The van der Waals surface area contributed by atoms with Crippen molar-refractivity contribution in [3.63, 3.8) is 0 Å². The lowest BCUT2D eigenvalue weighted by Gasteiger charge is -2.15. The van der Waals surface area contributed by atoms with Gasteiger partial charge in [-0.3, -0.25) is 9.59 Å². The number of carbonyl (C=O) groups is 2. The van der Waals surface area contributed by atoms with Crippen LogP contribution in [0.15, 0.2) is 0 Å². The fraction of sp³-hybridized carbons (Fsp3) is 0.953. The molecule has 5 nitrogen and oxygen atoms in total. The molecule has 0 aliphatic carbocycles. The summed E-state index contributed by atoms with van der Waals surface area (Å²) < 4.78 is 10.6. The molecule has 0 spiro atoms. The van der Waals surface area contributed by atoms with Crippen LogP contribution < -0.4 is 0 Å². The van der Waals surface area contributed by atoms with E-state index in [0.29, 0.717) is 12.8 Å². The van der Waals surface area contributed by atoms with E-state index in [0.717, 1.165) is 32.1 Å². The van der Waals surface area contributed by atoms with Crippen LogP contribution in [0.1, 0.15) is 245 Å². The highest BCUT2D eigenvalue weighted by Crippen LogP contribution is 2.16. The minimum atomic E-state index is -0.761. The molecular formula is C43H84O5. The van der Waals surface area contributed by atoms with Crippen LogP contribution >= 0.6 is 0 Å². The van der Waals surface area contributed by atoms with Crippen molar-refractivity contribution < 1.29 is 24.2 Å². The molecule has 0 radical (unpaired) electrons. The van der Waals surface area contributed by atoms with Gasteiger partial charge in [-0.25, -0.2) is 0 Å². The van der Waals surface area contributed by atoms with Crippen LogP contribution in [0.5, 0.6) is 0 Å². The van der Waals surface area contributed by atoms with Gasteiger partial charge in [-0.2, -0.15) is 0 Å². The lowest BCUT2D eigenvalue weighted by molar-refractivity contribution is -0.161. The Bertz CT molecular complexity index is 651. The van der Waals surface area contributed by atoms with Crippen molar-refractivity contribution in [2.75, 3.05) is 13.2 Å². The van der Waals surface area contributed by atoms with Gasteiger partial charge in [0.25, 0.3) is 0 Å². The largest absolute Gasteiger partial charge is 0.462 e. The smallest absolute Gasteiger partial charge is 0.306 e. The summed E-state index contributed by atoms with van der Waals surface area (Å²) in [6, 6.07) is 0. The van der Waals surface area contributed by atoms with Gasteiger partial charge in [0, 0.05) is 12.8 Å². The average molecular weight is 681 g/mol. The first-order valence-electron chi connectivity index (χ1n) is 21.6. The normalized spacial score (nSPS) is 12.0. The molecule has 0 aromatic rings. The predicted octanol–water partition coefficient (Wildman–Crippen LogP) is 13.5. The second kappa shape index (κ2) is 40.3. The molecule has 0 amide bonds.